The molecule has 1 aromatic carbocycles. The Bertz CT molecular complexity index is 882. The van der Waals surface area contributed by atoms with E-state index in [0.717, 1.165) is 42.5 Å². The van der Waals surface area contributed by atoms with Gasteiger partial charge in [-0.05, 0) is 37.0 Å². The molecule has 1 aliphatic heterocycles. The molecule has 2 fully saturated rings. The topological polar surface area (TPSA) is 78.2 Å². The molecule has 1 saturated carbocycles. The lowest BCUT2D eigenvalue weighted by molar-refractivity contribution is -0.167. The van der Waals surface area contributed by atoms with E-state index in [1.54, 1.807) is 0 Å². The highest BCUT2D eigenvalue weighted by Gasteiger charge is 2.61. The number of carbonyl (C=O) groups is 1. The molecule has 140 valence electrons. The van der Waals surface area contributed by atoms with Crippen molar-refractivity contribution in [1.29, 1.82) is 0 Å². The highest BCUT2D eigenvalue weighted by molar-refractivity contribution is 5.77. The van der Waals surface area contributed by atoms with Crippen LogP contribution in [0.15, 0.2) is 23.0 Å². The summed E-state index contributed by atoms with van der Waals surface area (Å²) in [6.07, 6.45) is 3.54. The summed E-state index contributed by atoms with van der Waals surface area (Å²) in [7, 11) is 1.94. The van der Waals surface area contributed by atoms with Crippen LogP contribution in [0.2, 0.25) is 0 Å². The molecule has 4 rings (SSSR count). The lowest BCUT2D eigenvalue weighted by atomic mass is 9.57. The second-order valence-corrected chi connectivity index (χ2v) is 8.33. The SMILES string of the molecule is CN(C(=O)CCCc1ccc2[nH]c(=O)[nH]c2c1)[C@@H]1[C@@H]2CCO[C@@H]2C1(C)C. The fraction of sp³-hybridized carbons (Fsp3) is 0.600. The zero-order valence-electron chi connectivity index (χ0n) is 15.7. The van der Waals surface area contributed by atoms with Gasteiger partial charge in [0.05, 0.1) is 17.1 Å². The number of nitrogens with zero attached hydrogens (tertiary/aromatic N) is 1. The van der Waals surface area contributed by atoms with Crippen LogP contribution in [-0.2, 0) is 16.0 Å². The molecule has 1 saturated heterocycles. The minimum absolute atomic E-state index is 0.0385. The van der Waals surface area contributed by atoms with Crippen LogP contribution in [-0.4, -0.2) is 46.6 Å². The van der Waals surface area contributed by atoms with Crippen LogP contribution in [0.4, 0.5) is 0 Å². The molecule has 3 atom stereocenters. The fourth-order valence-electron chi connectivity index (χ4n) is 5.09. The van der Waals surface area contributed by atoms with Gasteiger partial charge in [-0.15, -0.1) is 0 Å². The Kier molecular flexibility index (Phi) is 4.18. The molecule has 6 nitrogen and oxygen atoms in total. The van der Waals surface area contributed by atoms with Gasteiger partial charge in [-0.1, -0.05) is 19.9 Å². The van der Waals surface area contributed by atoms with Gasteiger partial charge < -0.3 is 19.6 Å². The number of fused-ring (bicyclic) bond motifs is 2. The van der Waals surface area contributed by atoms with Crippen LogP contribution >= 0.6 is 0 Å². The molecule has 2 aromatic rings. The average molecular weight is 357 g/mol. The number of nitrogens with one attached hydrogen (secondary N) is 2. The van der Waals surface area contributed by atoms with Crippen molar-refractivity contribution in [2.75, 3.05) is 13.7 Å². The van der Waals surface area contributed by atoms with E-state index >= 15 is 0 Å². The maximum atomic E-state index is 12.7. The summed E-state index contributed by atoms with van der Waals surface area (Å²) >= 11 is 0. The molecule has 0 spiro atoms. The van der Waals surface area contributed by atoms with Gasteiger partial charge in [-0.25, -0.2) is 4.79 Å². The first-order valence-corrected chi connectivity index (χ1v) is 9.46. The highest BCUT2D eigenvalue weighted by Crippen LogP contribution is 2.54. The van der Waals surface area contributed by atoms with Crippen LogP contribution < -0.4 is 5.69 Å². The Morgan fingerprint density at radius 1 is 1.31 bits per heavy atom. The summed E-state index contributed by atoms with van der Waals surface area (Å²) in [4.78, 5) is 31.5. The molecule has 2 N–H and O–H groups in total. The van der Waals surface area contributed by atoms with Crippen molar-refractivity contribution in [3.8, 4) is 0 Å². The number of H-pyrrole nitrogens is 2. The largest absolute Gasteiger partial charge is 0.377 e. The highest BCUT2D eigenvalue weighted by atomic mass is 16.5. The third-order valence-electron chi connectivity index (χ3n) is 6.29. The summed E-state index contributed by atoms with van der Waals surface area (Å²) in [6, 6.07) is 6.18. The summed E-state index contributed by atoms with van der Waals surface area (Å²) in [5.74, 6) is 0.705. The van der Waals surface area contributed by atoms with Crippen LogP contribution in [0.5, 0.6) is 0 Å². The quantitative estimate of drug-likeness (QED) is 0.863. The van der Waals surface area contributed by atoms with Gasteiger partial charge in [0.15, 0.2) is 0 Å². The second-order valence-electron chi connectivity index (χ2n) is 8.33. The Morgan fingerprint density at radius 2 is 2.08 bits per heavy atom. The normalized spacial score (nSPS) is 26.5. The monoisotopic (exact) mass is 357 g/mol. The van der Waals surface area contributed by atoms with Crippen molar-refractivity contribution in [2.45, 2.75) is 51.7 Å². The molecule has 26 heavy (non-hydrogen) atoms. The van der Waals surface area contributed by atoms with Gasteiger partial charge in [0, 0.05) is 37.5 Å². The number of carbonyl (C=O) groups excluding carboxylic acids is 1. The van der Waals surface area contributed by atoms with Crippen molar-refractivity contribution in [2.24, 2.45) is 11.3 Å². The Hall–Kier alpha value is -2.08. The smallest absolute Gasteiger partial charge is 0.323 e. The number of ether oxygens (including phenoxy) is 1. The fourth-order valence-corrected chi connectivity index (χ4v) is 5.09. The van der Waals surface area contributed by atoms with Crippen LogP contribution in [0.1, 0.15) is 38.7 Å². The summed E-state index contributed by atoms with van der Waals surface area (Å²) in [6.45, 7) is 5.24. The molecule has 1 aliphatic carbocycles. The number of benzene rings is 1. The summed E-state index contributed by atoms with van der Waals surface area (Å²) in [5.41, 5.74) is 2.62. The minimum atomic E-state index is -0.189. The van der Waals surface area contributed by atoms with Crippen molar-refractivity contribution in [3.63, 3.8) is 0 Å². The molecule has 6 heteroatoms. The Morgan fingerprint density at radius 3 is 2.88 bits per heavy atom. The Labute approximate surface area is 152 Å². The molecule has 0 radical (unpaired) electrons. The van der Waals surface area contributed by atoms with E-state index in [1.165, 1.54) is 0 Å². The molecular formula is C20H27N3O3. The summed E-state index contributed by atoms with van der Waals surface area (Å²) in [5, 5.41) is 0. The molecule has 2 aliphatic rings. The van der Waals surface area contributed by atoms with Gasteiger partial charge in [-0.2, -0.15) is 0 Å². The van der Waals surface area contributed by atoms with Crippen LogP contribution in [0.25, 0.3) is 11.0 Å². The van der Waals surface area contributed by atoms with E-state index < -0.39 is 0 Å². The standard InChI is InChI=1S/C20H27N3O3/c1-20(2)17(13-9-10-26-18(13)20)23(3)16(24)6-4-5-12-7-8-14-15(11-12)22-19(25)21-14/h7-8,11,13,17-18H,4-6,9-10H2,1-3H3,(H2,21,22,25)/t13-,17+,18-/m0/s1. The third kappa shape index (κ3) is 2.76. The predicted molar refractivity (Wildman–Crippen MR) is 100 cm³/mol. The van der Waals surface area contributed by atoms with Crippen molar-refractivity contribution in [3.05, 3.63) is 34.2 Å². The average Bonchev–Trinajstić information content (AvgIpc) is 3.18. The second kappa shape index (κ2) is 6.27. The van der Waals surface area contributed by atoms with Crippen LogP contribution in [0.3, 0.4) is 0 Å². The lowest BCUT2D eigenvalue weighted by Crippen LogP contribution is -2.66. The van der Waals surface area contributed by atoms with Crippen molar-refractivity contribution >= 4 is 16.9 Å². The van der Waals surface area contributed by atoms with E-state index in [-0.39, 0.29) is 23.1 Å². The molecule has 0 bridgehead atoms. The number of aromatic nitrogens is 2. The number of aromatic amines is 2. The number of imidazole rings is 1. The van der Waals surface area contributed by atoms with Crippen molar-refractivity contribution in [1.82, 2.24) is 14.9 Å². The first-order valence-electron chi connectivity index (χ1n) is 9.46. The zero-order valence-corrected chi connectivity index (χ0v) is 15.7. The number of rotatable bonds is 5. The predicted octanol–water partition coefficient (Wildman–Crippen LogP) is 2.45. The molecular weight excluding hydrogens is 330 g/mol. The van der Waals surface area contributed by atoms with Gasteiger partial charge in [0.1, 0.15) is 0 Å². The molecule has 2 heterocycles. The number of hydrogen-bond donors (Lipinski definition) is 2. The maximum absolute atomic E-state index is 12.7. The van der Waals surface area contributed by atoms with Crippen molar-refractivity contribution < 1.29 is 9.53 Å². The number of amides is 1. The van der Waals surface area contributed by atoms with Gasteiger partial charge in [0.25, 0.3) is 0 Å². The van der Waals surface area contributed by atoms with E-state index in [2.05, 4.69) is 23.8 Å². The summed E-state index contributed by atoms with van der Waals surface area (Å²) < 4.78 is 5.84. The number of aryl methyl sites for hydroxylation is 1. The molecule has 1 aromatic heterocycles. The van der Waals surface area contributed by atoms with Gasteiger partial charge in [0.2, 0.25) is 5.91 Å². The van der Waals surface area contributed by atoms with E-state index in [1.807, 2.05) is 30.1 Å². The third-order valence-corrected chi connectivity index (χ3v) is 6.29. The van der Waals surface area contributed by atoms with E-state index in [4.69, 9.17) is 4.74 Å². The first kappa shape index (κ1) is 17.3. The number of hydrogen-bond acceptors (Lipinski definition) is 3. The van der Waals surface area contributed by atoms with Gasteiger partial charge in [-0.3, -0.25) is 4.79 Å². The first-order chi connectivity index (χ1) is 12.4. The minimum Gasteiger partial charge on any atom is -0.377 e. The maximum Gasteiger partial charge on any atom is 0.323 e. The Balaban J connectivity index is 1.34. The van der Waals surface area contributed by atoms with Gasteiger partial charge >= 0.3 is 5.69 Å². The van der Waals surface area contributed by atoms with E-state index in [0.29, 0.717) is 18.4 Å². The lowest BCUT2D eigenvalue weighted by Gasteiger charge is -2.57. The zero-order chi connectivity index (χ0) is 18.5. The molecule has 0 unspecified atom stereocenters. The van der Waals surface area contributed by atoms with Crippen LogP contribution in [0, 0.1) is 11.3 Å². The molecule has 1 amide bonds. The van der Waals surface area contributed by atoms with E-state index in [9.17, 15) is 9.59 Å².